The maximum absolute atomic E-state index is 6.42. The van der Waals surface area contributed by atoms with E-state index in [4.69, 9.17) is 21.1 Å². The highest BCUT2D eigenvalue weighted by atomic mass is 35.5. The maximum atomic E-state index is 6.42. The van der Waals surface area contributed by atoms with Crippen LogP contribution in [-0.2, 0) is 4.74 Å². The third-order valence-corrected chi connectivity index (χ3v) is 6.33. The first-order chi connectivity index (χ1) is 19.2. The predicted molar refractivity (Wildman–Crippen MR) is 165 cm³/mol. The molecule has 1 fully saturated rings. The Morgan fingerprint density at radius 2 is 1.72 bits per heavy atom. The highest BCUT2D eigenvalue weighted by Gasteiger charge is 2.22. The number of piperidine rings is 1. The topological polar surface area (TPSA) is 47.0 Å². The summed E-state index contributed by atoms with van der Waals surface area (Å²) < 4.78 is 12.3. The van der Waals surface area contributed by atoms with Crippen LogP contribution < -0.4 is 4.74 Å². The van der Waals surface area contributed by atoms with Crippen LogP contribution in [0.25, 0.3) is 0 Å². The van der Waals surface area contributed by atoms with E-state index in [9.17, 15) is 0 Å². The van der Waals surface area contributed by atoms with Crippen molar-refractivity contribution in [1.29, 1.82) is 0 Å². The van der Waals surface area contributed by atoms with E-state index in [2.05, 4.69) is 28.2 Å². The molecule has 208 valence electrons. The SMILES string of the molecule is C=C/C=C\N=C.CC.Clc1ccc(C(OCC2CCN(CCOc3ccccc3)CC2)c2ccccn2)cc1. The number of aliphatic imine (C=N–C) groups is 1. The van der Waals surface area contributed by atoms with E-state index in [1.807, 2.05) is 92.8 Å². The van der Waals surface area contributed by atoms with Gasteiger partial charge >= 0.3 is 0 Å². The Morgan fingerprint density at radius 3 is 2.31 bits per heavy atom. The van der Waals surface area contributed by atoms with Gasteiger partial charge in [-0.05, 0) is 86.6 Å². The van der Waals surface area contributed by atoms with Gasteiger partial charge in [-0.3, -0.25) is 14.9 Å². The Hall–Kier alpha value is -3.25. The fraction of sp³-hybridized carbons (Fsp3) is 0.333. The summed E-state index contributed by atoms with van der Waals surface area (Å²) >= 11 is 6.08. The molecule has 0 N–H and O–H groups in total. The number of nitrogens with zero attached hydrogens (tertiary/aromatic N) is 3. The number of pyridine rings is 1. The third kappa shape index (κ3) is 12.4. The zero-order chi connectivity index (χ0) is 28.1. The fourth-order valence-electron chi connectivity index (χ4n) is 4.06. The fourth-order valence-corrected chi connectivity index (χ4v) is 4.19. The Kier molecular flexibility index (Phi) is 16.2. The highest BCUT2D eigenvalue weighted by Crippen LogP contribution is 2.28. The van der Waals surface area contributed by atoms with Crippen LogP contribution in [0.2, 0.25) is 5.02 Å². The van der Waals surface area contributed by atoms with Crippen LogP contribution in [0.5, 0.6) is 5.75 Å². The average molecular weight is 548 g/mol. The predicted octanol–water partition coefficient (Wildman–Crippen LogP) is 8.04. The lowest BCUT2D eigenvalue weighted by Gasteiger charge is -2.32. The number of para-hydroxylation sites is 1. The number of aromatic nitrogens is 1. The van der Waals surface area contributed by atoms with E-state index < -0.39 is 0 Å². The van der Waals surface area contributed by atoms with Crippen LogP contribution >= 0.6 is 11.6 Å². The summed E-state index contributed by atoms with van der Waals surface area (Å²) in [6, 6.07) is 23.8. The largest absolute Gasteiger partial charge is 0.492 e. The lowest BCUT2D eigenvalue weighted by Crippen LogP contribution is -2.37. The van der Waals surface area contributed by atoms with E-state index in [0.717, 1.165) is 67.7 Å². The summed E-state index contributed by atoms with van der Waals surface area (Å²) in [5.41, 5.74) is 2.01. The summed E-state index contributed by atoms with van der Waals surface area (Å²) in [6.07, 6.45) is 8.87. The molecule has 2 heterocycles. The van der Waals surface area contributed by atoms with E-state index in [-0.39, 0.29) is 6.10 Å². The summed E-state index contributed by atoms with van der Waals surface area (Å²) in [5.74, 6) is 1.50. The van der Waals surface area contributed by atoms with Crippen molar-refractivity contribution in [2.75, 3.05) is 32.8 Å². The molecule has 1 aliphatic rings. The third-order valence-electron chi connectivity index (χ3n) is 6.08. The normalized spacial score (nSPS) is 14.3. The Labute approximate surface area is 239 Å². The zero-order valence-electron chi connectivity index (χ0n) is 23.3. The molecule has 0 bridgehead atoms. The van der Waals surface area contributed by atoms with Crippen molar-refractivity contribution >= 4 is 18.3 Å². The molecule has 39 heavy (non-hydrogen) atoms. The first-order valence-corrected chi connectivity index (χ1v) is 14.0. The quantitative estimate of drug-likeness (QED) is 0.180. The molecule has 1 unspecified atom stereocenters. The molecule has 1 atom stereocenters. The van der Waals surface area contributed by atoms with Crippen LogP contribution in [0.3, 0.4) is 0 Å². The lowest BCUT2D eigenvalue weighted by molar-refractivity contribution is 0.0277. The van der Waals surface area contributed by atoms with Crippen molar-refractivity contribution in [2.45, 2.75) is 32.8 Å². The van der Waals surface area contributed by atoms with Gasteiger partial charge in [0.2, 0.25) is 0 Å². The van der Waals surface area contributed by atoms with Gasteiger partial charge in [0.15, 0.2) is 0 Å². The molecule has 0 radical (unpaired) electrons. The summed E-state index contributed by atoms with van der Waals surface area (Å²) in [7, 11) is 0. The first-order valence-electron chi connectivity index (χ1n) is 13.6. The van der Waals surface area contributed by atoms with E-state index in [0.29, 0.717) is 5.92 Å². The second kappa shape index (κ2) is 19.8. The standard InChI is InChI=1S/C26H29ClN2O2.C5H7N.C2H6/c27-23-11-9-22(10-12-23)26(25-8-4-5-15-28-25)31-20-21-13-16-29(17-14-21)18-19-30-24-6-2-1-3-7-24;1-3-4-5-6-2;1-2/h1-12,15,21,26H,13-14,16-20H2;3-5H,1-2H2;1-2H3/b;5-4-;. The minimum Gasteiger partial charge on any atom is -0.492 e. The molecule has 4 rings (SSSR count). The van der Waals surface area contributed by atoms with Crippen molar-refractivity contribution in [1.82, 2.24) is 9.88 Å². The second-order valence-corrected chi connectivity index (χ2v) is 9.16. The van der Waals surface area contributed by atoms with Gasteiger partial charge in [-0.2, -0.15) is 0 Å². The smallest absolute Gasteiger partial charge is 0.124 e. The molecular weight excluding hydrogens is 506 g/mol. The Bertz CT molecular complexity index is 1060. The van der Waals surface area contributed by atoms with Crippen molar-refractivity contribution in [3.05, 3.63) is 120 Å². The number of likely N-dealkylation sites (tertiary alicyclic amines) is 1. The minimum absolute atomic E-state index is 0.171. The molecule has 6 heteroatoms. The molecule has 1 aromatic heterocycles. The van der Waals surface area contributed by atoms with E-state index >= 15 is 0 Å². The van der Waals surface area contributed by atoms with Crippen molar-refractivity contribution in [2.24, 2.45) is 10.9 Å². The number of benzene rings is 2. The molecule has 2 aromatic carbocycles. The van der Waals surface area contributed by atoms with Crippen LogP contribution in [0.15, 0.2) is 109 Å². The maximum Gasteiger partial charge on any atom is 0.124 e. The van der Waals surface area contributed by atoms with Gasteiger partial charge in [0.05, 0.1) is 12.3 Å². The molecular formula is C33H42ClN3O2. The van der Waals surface area contributed by atoms with Crippen LogP contribution in [0.1, 0.15) is 44.1 Å². The summed E-state index contributed by atoms with van der Waals surface area (Å²) in [4.78, 5) is 10.4. The van der Waals surface area contributed by atoms with Crippen LogP contribution in [-0.4, -0.2) is 49.4 Å². The Balaban J connectivity index is 0.000000590. The zero-order valence-corrected chi connectivity index (χ0v) is 24.0. The lowest BCUT2D eigenvalue weighted by atomic mass is 9.97. The second-order valence-electron chi connectivity index (χ2n) is 8.73. The number of halogens is 1. The minimum atomic E-state index is -0.171. The van der Waals surface area contributed by atoms with Gasteiger partial charge < -0.3 is 9.47 Å². The molecule has 1 aliphatic heterocycles. The number of allylic oxidation sites excluding steroid dienone is 2. The van der Waals surface area contributed by atoms with Gasteiger partial charge in [-0.1, -0.05) is 74.5 Å². The van der Waals surface area contributed by atoms with Gasteiger partial charge in [-0.25, -0.2) is 0 Å². The molecule has 3 aromatic rings. The van der Waals surface area contributed by atoms with E-state index in [1.54, 1.807) is 18.4 Å². The van der Waals surface area contributed by atoms with E-state index in [1.165, 1.54) is 0 Å². The number of rotatable bonds is 11. The highest BCUT2D eigenvalue weighted by molar-refractivity contribution is 6.30. The van der Waals surface area contributed by atoms with Gasteiger partial charge in [0.25, 0.3) is 0 Å². The number of hydrogen-bond acceptors (Lipinski definition) is 5. The summed E-state index contributed by atoms with van der Waals surface area (Å²) in [5, 5.41) is 0.729. The van der Waals surface area contributed by atoms with Gasteiger partial charge in [0.1, 0.15) is 18.5 Å². The van der Waals surface area contributed by atoms with Crippen molar-refractivity contribution in [3.8, 4) is 5.75 Å². The monoisotopic (exact) mass is 547 g/mol. The van der Waals surface area contributed by atoms with Crippen molar-refractivity contribution in [3.63, 3.8) is 0 Å². The Morgan fingerprint density at radius 1 is 1.03 bits per heavy atom. The van der Waals surface area contributed by atoms with Crippen LogP contribution in [0.4, 0.5) is 0 Å². The molecule has 1 saturated heterocycles. The van der Waals surface area contributed by atoms with Crippen molar-refractivity contribution < 1.29 is 9.47 Å². The molecule has 0 aliphatic carbocycles. The first kappa shape index (κ1) is 32.0. The summed E-state index contributed by atoms with van der Waals surface area (Å²) in [6.45, 7) is 15.2. The molecule has 0 spiro atoms. The van der Waals surface area contributed by atoms with Crippen LogP contribution in [0, 0.1) is 5.92 Å². The average Bonchev–Trinajstić information content (AvgIpc) is 3.00. The number of hydrogen-bond donors (Lipinski definition) is 0. The number of ether oxygens (including phenoxy) is 2. The molecule has 0 saturated carbocycles. The van der Waals surface area contributed by atoms with Gasteiger partial charge in [-0.15, -0.1) is 0 Å². The van der Waals surface area contributed by atoms with Gasteiger partial charge in [0, 0.05) is 24.0 Å². The molecule has 5 nitrogen and oxygen atoms in total. The molecule has 0 amide bonds.